The Morgan fingerprint density at radius 2 is 1.88 bits per heavy atom. The Morgan fingerprint density at radius 3 is 2.61 bits per heavy atom. The van der Waals surface area contributed by atoms with Gasteiger partial charge in [0.15, 0.2) is 5.65 Å². The van der Waals surface area contributed by atoms with Crippen LogP contribution in [0.1, 0.15) is 24.0 Å². The number of nitrogens with one attached hydrogen (secondary N) is 1. The zero-order chi connectivity index (χ0) is 22.8. The van der Waals surface area contributed by atoms with Gasteiger partial charge < -0.3 is 5.32 Å². The molecule has 1 fully saturated rings. The molecule has 0 spiro atoms. The van der Waals surface area contributed by atoms with Gasteiger partial charge in [-0.1, -0.05) is 41.9 Å². The van der Waals surface area contributed by atoms with Crippen LogP contribution in [0.3, 0.4) is 0 Å². The number of nitrogens with zero attached hydrogens (tertiary/aromatic N) is 5. The normalized spacial score (nSPS) is 14.9. The molecule has 0 unspecified atom stereocenters. The summed E-state index contributed by atoms with van der Waals surface area (Å²) in [7, 11) is 0. The molecule has 0 radical (unpaired) electrons. The van der Waals surface area contributed by atoms with Crippen molar-refractivity contribution in [3.8, 4) is 17.3 Å². The molecule has 1 N–H and O–H groups in total. The third-order valence-electron chi connectivity index (χ3n) is 6.01. The van der Waals surface area contributed by atoms with Crippen LogP contribution in [0.15, 0.2) is 65.3 Å². The molecular weight excluding hydrogens is 500 g/mol. The van der Waals surface area contributed by atoms with Crippen LogP contribution in [0.25, 0.3) is 16.9 Å². The molecular formula is C25H22BrClN6. The first kappa shape index (κ1) is 21.9. The molecule has 2 aromatic carbocycles. The monoisotopic (exact) mass is 520 g/mol. The van der Waals surface area contributed by atoms with Crippen molar-refractivity contribution in [1.29, 1.82) is 5.26 Å². The highest BCUT2D eigenvalue weighted by atomic mass is 79.9. The molecule has 0 bridgehead atoms. The number of fused-ring (bicyclic) bond motifs is 1. The van der Waals surface area contributed by atoms with Crippen LogP contribution in [0.4, 0.5) is 5.82 Å². The van der Waals surface area contributed by atoms with Crippen molar-refractivity contribution in [2.45, 2.75) is 25.4 Å². The maximum atomic E-state index is 8.98. The first-order valence-electron chi connectivity index (χ1n) is 10.9. The predicted octanol–water partition coefficient (Wildman–Crippen LogP) is 5.76. The summed E-state index contributed by atoms with van der Waals surface area (Å²) < 4.78 is 2.68. The van der Waals surface area contributed by atoms with Crippen LogP contribution in [0, 0.1) is 11.3 Å². The second kappa shape index (κ2) is 9.52. The first-order valence-corrected chi connectivity index (χ1v) is 12.0. The topological polar surface area (TPSA) is 69.2 Å². The molecule has 1 aliphatic heterocycles. The molecule has 0 saturated carbocycles. The Balaban J connectivity index is 1.31. The summed E-state index contributed by atoms with van der Waals surface area (Å²) in [6, 6.07) is 20.2. The van der Waals surface area contributed by atoms with Crippen molar-refractivity contribution in [2.75, 3.05) is 18.4 Å². The fourth-order valence-corrected chi connectivity index (χ4v) is 4.81. The summed E-state index contributed by atoms with van der Waals surface area (Å²) in [5.74, 6) is 0.908. The Morgan fingerprint density at radius 1 is 1.12 bits per heavy atom. The average Bonchev–Trinajstić information content (AvgIpc) is 3.22. The molecule has 4 aromatic rings. The van der Waals surface area contributed by atoms with Crippen molar-refractivity contribution < 1.29 is 0 Å². The van der Waals surface area contributed by atoms with E-state index in [0.717, 1.165) is 59.7 Å². The van der Waals surface area contributed by atoms with E-state index in [4.69, 9.17) is 21.8 Å². The van der Waals surface area contributed by atoms with Gasteiger partial charge in [-0.15, -0.1) is 0 Å². The van der Waals surface area contributed by atoms with Crippen LogP contribution in [-0.4, -0.2) is 38.6 Å². The molecule has 2 aromatic heterocycles. The van der Waals surface area contributed by atoms with Crippen molar-refractivity contribution >= 4 is 39.0 Å². The number of halogens is 2. The van der Waals surface area contributed by atoms with Crippen molar-refractivity contribution in [3.05, 3.63) is 81.4 Å². The van der Waals surface area contributed by atoms with E-state index in [0.29, 0.717) is 16.6 Å². The SMILES string of the molecule is N#Cc1ccc(CN2CCC(Nc3cc(-c4ccccc4Cl)nc4c(Br)cnn34)CC2)cc1. The summed E-state index contributed by atoms with van der Waals surface area (Å²) in [5, 5.41) is 17.9. The van der Waals surface area contributed by atoms with Gasteiger partial charge in [0.25, 0.3) is 0 Å². The number of rotatable bonds is 5. The van der Waals surface area contributed by atoms with Crippen LogP contribution in [0.2, 0.25) is 5.02 Å². The van der Waals surface area contributed by atoms with Crippen molar-refractivity contribution in [3.63, 3.8) is 0 Å². The zero-order valence-electron chi connectivity index (χ0n) is 17.9. The summed E-state index contributed by atoms with van der Waals surface area (Å²) in [5.41, 5.74) is 4.41. The summed E-state index contributed by atoms with van der Waals surface area (Å²) in [6.45, 7) is 2.92. The molecule has 8 heteroatoms. The molecule has 0 aliphatic carbocycles. The highest BCUT2D eigenvalue weighted by molar-refractivity contribution is 9.10. The molecule has 0 amide bonds. The lowest BCUT2D eigenvalue weighted by Crippen LogP contribution is -2.39. The highest BCUT2D eigenvalue weighted by Gasteiger charge is 2.21. The third kappa shape index (κ3) is 4.74. The highest BCUT2D eigenvalue weighted by Crippen LogP contribution is 2.31. The van der Waals surface area contributed by atoms with Crippen LogP contribution in [0.5, 0.6) is 0 Å². The lowest BCUT2D eigenvalue weighted by Gasteiger charge is -2.33. The smallest absolute Gasteiger partial charge is 0.172 e. The Kier molecular flexibility index (Phi) is 6.32. The molecule has 1 aliphatic rings. The Labute approximate surface area is 205 Å². The van der Waals surface area contributed by atoms with Gasteiger partial charge in [-0.05, 0) is 52.5 Å². The van der Waals surface area contributed by atoms with Crippen LogP contribution in [-0.2, 0) is 6.54 Å². The third-order valence-corrected chi connectivity index (χ3v) is 6.90. The fraction of sp³-hybridized carbons (Fsp3) is 0.240. The van der Waals surface area contributed by atoms with Crippen LogP contribution >= 0.6 is 27.5 Å². The van der Waals surface area contributed by atoms with Crippen molar-refractivity contribution in [1.82, 2.24) is 19.5 Å². The second-order valence-corrected chi connectivity index (χ2v) is 9.50. The van der Waals surface area contributed by atoms with Crippen molar-refractivity contribution in [2.24, 2.45) is 0 Å². The molecule has 33 heavy (non-hydrogen) atoms. The van der Waals surface area contributed by atoms with E-state index in [1.165, 1.54) is 5.56 Å². The number of benzene rings is 2. The van der Waals surface area contributed by atoms with E-state index in [2.05, 4.69) is 37.3 Å². The molecule has 166 valence electrons. The Bertz CT molecular complexity index is 1320. The summed E-state index contributed by atoms with van der Waals surface area (Å²) >= 11 is 10.0. The standard InChI is InChI=1S/C25H22BrClN6/c26-21-15-29-33-24(13-23(31-25(21)33)20-3-1-2-4-22(20)27)30-19-9-11-32(12-10-19)16-18-7-5-17(14-28)6-8-18/h1-8,13,15,19,30H,9-12,16H2. The van der Waals surface area contributed by atoms with Gasteiger partial charge in [-0.2, -0.15) is 14.9 Å². The first-order chi connectivity index (χ1) is 16.1. The number of likely N-dealkylation sites (tertiary alicyclic amines) is 1. The number of piperidine rings is 1. The van der Waals surface area contributed by atoms with E-state index in [1.54, 1.807) is 6.20 Å². The molecule has 5 rings (SSSR count). The second-order valence-electron chi connectivity index (χ2n) is 8.24. The van der Waals surface area contributed by atoms with Gasteiger partial charge in [-0.3, -0.25) is 4.90 Å². The summed E-state index contributed by atoms with van der Waals surface area (Å²) in [4.78, 5) is 7.25. The molecule has 1 saturated heterocycles. The Hall–Kier alpha value is -2.92. The lowest BCUT2D eigenvalue weighted by molar-refractivity contribution is 0.211. The fourth-order valence-electron chi connectivity index (χ4n) is 4.23. The minimum Gasteiger partial charge on any atom is -0.367 e. The lowest BCUT2D eigenvalue weighted by atomic mass is 10.0. The zero-order valence-corrected chi connectivity index (χ0v) is 20.2. The largest absolute Gasteiger partial charge is 0.367 e. The number of aromatic nitrogens is 3. The van der Waals surface area contributed by atoms with Gasteiger partial charge >= 0.3 is 0 Å². The van der Waals surface area contributed by atoms with Crippen LogP contribution < -0.4 is 5.32 Å². The number of anilines is 1. The van der Waals surface area contributed by atoms with Gasteiger partial charge in [0, 0.05) is 42.3 Å². The molecule has 3 heterocycles. The molecule has 6 nitrogen and oxygen atoms in total. The quantitative estimate of drug-likeness (QED) is 0.362. The maximum Gasteiger partial charge on any atom is 0.172 e. The minimum absolute atomic E-state index is 0.342. The van der Waals surface area contributed by atoms with E-state index < -0.39 is 0 Å². The van der Waals surface area contributed by atoms with E-state index in [1.807, 2.05) is 59.1 Å². The maximum absolute atomic E-state index is 8.98. The van der Waals surface area contributed by atoms with Gasteiger partial charge in [-0.25, -0.2) is 4.98 Å². The number of hydrogen-bond donors (Lipinski definition) is 1. The minimum atomic E-state index is 0.342. The predicted molar refractivity (Wildman–Crippen MR) is 134 cm³/mol. The summed E-state index contributed by atoms with van der Waals surface area (Å²) in [6.07, 6.45) is 3.83. The number of hydrogen-bond acceptors (Lipinski definition) is 5. The van der Waals surface area contributed by atoms with E-state index >= 15 is 0 Å². The molecule has 0 atom stereocenters. The van der Waals surface area contributed by atoms with E-state index in [9.17, 15) is 0 Å². The average molecular weight is 522 g/mol. The number of nitriles is 1. The van der Waals surface area contributed by atoms with E-state index in [-0.39, 0.29) is 0 Å². The van der Waals surface area contributed by atoms with Gasteiger partial charge in [0.05, 0.1) is 28.0 Å². The van der Waals surface area contributed by atoms with Gasteiger partial charge in [0.2, 0.25) is 0 Å². The van der Waals surface area contributed by atoms with Gasteiger partial charge in [0.1, 0.15) is 5.82 Å².